The van der Waals surface area contributed by atoms with Crippen LogP contribution in [0.3, 0.4) is 0 Å². The summed E-state index contributed by atoms with van der Waals surface area (Å²) < 4.78 is 13.0. The van der Waals surface area contributed by atoms with E-state index in [1.54, 1.807) is 0 Å². The SMILES string of the molecule is C[C@H](C(=O)N[C@@H](C(N)=O)c1ccc(F)cc1)N1CCCCCC1. The highest BCUT2D eigenvalue weighted by Crippen LogP contribution is 2.16. The zero-order valence-electron chi connectivity index (χ0n) is 13.4. The predicted molar refractivity (Wildman–Crippen MR) is 86.0 cm³/mol. The van der Waals surface area contributed by atoms with Crippen LogP contribution in [-0.2, 0) is 9.59 Å². The van der Waals surface area contributed by atoms with Gasteiger partial charge in [-0.15, -0.1) is 0 Å². The molecular weight excluding hydrogens is 297 g/mol. The minimum absolute atomic E-state index is 0.236. The molecule has 1 aliphatic heterocycles. The minimum Gasteiger partial charge on any atom is -0.368 e. The summed E-state index contributed by atoms with van der Waals surface area (Å²) in [5.74, 6) is -1.30. The van der Waals surface area contributed by atoms with Gasteiger partial charge in [-0.2, -0.15) is 0 Å². The largest absolute Gasteiger partial charge is 0.368 e. The molecule has 1 heterocycles. The number of halogens is 1. The summed E-state index contributed by atoms with van der Waals surface area (Å²) in [6.45, 7) is 3.60. The van der Waals surface area contributed by atoms with Crippen molar-refractivity contribution in [3.05, 3.63) is 35.6 Å². The van der Waals surface area contributed by atoms with Crippen LogP contribution in [0.15, 0.2) is 24.3 Å². The average Bonchev–Trinajstić information content (AvgIpc) is 2.81. The summed E-state index contributed by atoms with van der Waals surface area (Å²) in [4.78, 5) is 26.3. The van der Waals surface area contributed by atoms with Crippen LogP contribution in [-0.4, -0.2) is 35.8 Å². The van der Waals surface area contributed by atoms with Crippen molar-refractivity contribution in [1.82, 2.24) is 10.2 Å². The molecule has 1 aromatic rings. The van der Waals surface area contributed by atoms with E-state index >= 15 is 0 Å². The van der Waals surface area contributed by atoms with Gasteiger partial charge in [0.25, 0.3) is 0 Å². The van der Waals surface area contributed by atoms with Gasteiger partial charge in [-0.25, -0.2) is 4.39 Å². The maximum absolute atomic E-state index is 13.0. The van der Waals surface area contributed by atoms with Gasteiger partial charge in [-0.1, -0.05) is 25.0 Å². The Bertz CT molecular complexity index is 539. The van der Waals surface area contributed by atoms with Gasteiger partial charge in [-0.05, 0) is 50.6 Å². The van der Waals surface area contributed by atoms with E-state index < -0.39 is 17.8 Å². The molecule has 1 aromatic carbocycles. The minimum atomic E-state index is -0.947. The van der Waals surface area contributed by atoms with Gasteiger partial charge in [0.1, 0.15) is 11.9 Å². The number of nitrogens with two attached hydrogens (primary N) is 1. The highest BCUT2D eigenvalue weighted by atomic mass is 19.1. The summed E-state index contributed by atoms with van der Waals surface area (Å²) in [6.07, 6.45) is 4.53. The number of amides is 2. The van der Waals surface area contributed by atoms with E-state index in [9.17, 15) is 14.0 Å². The van der Waals surface area contributed by atoms with Gasteiger partial charge in [0.05, 0.1) is 6.04 Å². The van der Waals surface area contributed by atoms with E-state index in [1.165, 1.54) is 37.1 Å². The van der Waals surface area contributed by atoms with Gasteiger partial charge in [0.2, 0.25) is 11.8 Å². The van der Waals surface area contributed by atoms with Crippen LogP contribution < -0.4 is 11.1 Å². The van der Waals surface area contributed by atoms with Crippen molar-refractivity contribution < 1.29 is 14.0 Å². The topological polar surface area (TPSA) is 75.4 Å². The Kier molecular flexibility index (Phi) is 6.10. The molecule has 2 rings (SSSR count). The zero-order valence-corrected chi connectivity index (χ0v) is 13.4. The van der Waals surface area contributed by atoms with Crippen LogP contribution in [0.25, 0.3) is 0 Å². The van der Waals surface area contributed by atoms with Crippen molar-refractivity contribution >= 4 is 11.8 Å². The van der Waals surface area contributed by atoms with Crippen molar-refractivity contribution in [2.75, 3.05) is 13.1 Å². The predicted octanol–water partition coefficient (Wildman–Crippen LogP) is 1.73. The first kappa shape index (κ1) is 17.4. The summed E-state index contributed by atoms with van der Waals surface area (Å²) in [6, 6.07) is 4.14. The second-order valence-corrected chi connectivity index (χ2v) is 6.02. The Morgan fingerprint density at radius 3 is 2.22 bits per heavy atom. The molecule has 2 atom stereocenters. The van der Waals surface area contributed by atoms with E-state index in [0.29, 0.717) is 5.56 Å². The lowest BCUT2D eigenvalue weighted by atomic mass is 10.1. The van der Waals surface area contributed by atoms with Crippen LogP contribution in [0.5, 0.6) is 0 Å². The number of hydrogen-bond acceptors (Lipinski definition) is 3. The van der Waals surface area contributed by atoms with Crippen molar-refractivity contribution in [1.29, 1.82) is 0 Å². The number of rotatable bonds is 5. The smallest absolute Gasteiger partial charge is 0.244 e. The van der Waals surface area contributed by atoms with Crippen LogP contribution in [0.4, 0.5) is 4.39 Å². The zero-order chi connectivity index (χ0) is 16.8. The fourth-order valence-corrected chi connectivity index (χ4v) is 2.89. The van der Waals surface area contributed by atoms with Crippen LogP contribution >= 0.6 is 0 Å². The number of carbonyl (C=O) groups is 2. The number of benzene rings is 1. The first-order valence-corrected chi connectivity index (χ1v) is 8.08. The normalized spacial score (nSPS) is 18.7. The number of primary amides is 1. The Morgan fingerprint density at radius 2 is 1.70 bits per heavy atom. The molecule has 1 fully saturated rings. The van der Waals surface area contributed by atoms with Gasteiger partial charge in [0.15, 0.2) is 0 Å². The van der Waals surface area contributed by atoms with Crippen LogP contribution in [0.1, 0.15) is 44.2 Å². The van der Waals surface area contributed by atoms with Crippen LogP contribution in [0, 0.1) is 5.82 Å². The van der Waals surface area contributed by atoms with E-state index in [0.717, 1.165) is 25.9 Å². The molecule has 126 valence electrons. The first-order valence-electron chi connectivity index (χ1n) is 8.08. The molecule has 0 spiro atoms. The molecule has 0 saturated carbocycles. The first-order chi connectivity index (χ1) is 11.0. The lowest BCUT2D eigenvalue weighted by Gasteiger charge is -2.28. The summed E-state index contributed by atoms with van der Waals surface area (Å²) in [5.41, 5.74) is 5.88. The third-order valence-corrected chi connectivity index (χ3v) is 4.34. The third-order valence-electron chi connectivity index (χ3n) is 4.34. The molecule has 0 radical (unpaired) electrons. The number of carbonyl (C=O) groups excluding carboxylic acids is 2. The molecule has 6 heteroatoms. The lowest BCUT2D eigenvalue weighted by molar-refractivity contribution is -0.130. The lowest BCUT2D eigenvalue weighted by Crippen LogP contribution is -2.48. The summed E-state index contributed by atoms with van der Waals surface area (Å²) in [7, 11) is 0. The van der Waals surface area contributed by atoms with Crippen molar-refractivity contribution in [2.24, 2.45) is 5.73 Å². The Labute approximate surface area is 136 Å². The molecule has 0 aromatic heterocycles. The quantitative estimate of drug-likeness (QED) is 0.867. The van der Waals surface area contributed by atoms with Gasteiger partial charge >= 0.3 is 0 Å². The third kappa shape index (κ3) is 4.76. The van der Waals surface area contributed by atoms with Gasteiger partial charge < -0.3 is 11.1 Å². The Hall–Kier alpha value is -1.95. The standard InChI is InChI=1S/C17H24FN3O2/c1-12(21-10-4-2-3-5-11-21)17(23)20-15(16(19)22)13-6-8-14(18)9-7-13/h6-9,12,15H,2-5,10-11H2,1H3,(H2,19,22)(H,20,23)/t12-,15-/m1/s1. The van der Waals surface area contributed by atoms with Gasteiger partial charge in [-0.3, -0.25) is 14.5 Å². The second-order valence-electron chi connectivity index (χ2n) is 6.02. The highest BCUT2D eigenvalue weighted by molar-refractivity contribution is 5.89. The molecular formula is C17H24FN3O2. The maximum atomic E-state index is 13.0. The number of nitrogens with one attached hydrogen (secondary N) is 1. The molecule has 1 aliphatic rings. The molecule has 23 heavy (non-hydrogen) atoms. The van der Waals surface area contributed by atoms with Crippen molar-refractivity contribution in [3.8, 4) is 0 Å². The van der Waals surface area contributed by atoms with E-state index in [4.69, 9.17) is 5.73 Å². The summed E-state index contributed by atoms with van der Waals surface area (Å²) in [5, 5.41) is 2.69. The maximum Gasteiger partial charge on any atom is 0.244 e. The fraction of sp³-hybridized carbons (Fsp3) is 0.529. The molecule has 0 aliphatic carbocycles. The number of hydrogen-bond donors (Lipinski definition) is 2. The van der Waals surface area contributed by atoms with Crippen molar-refractivity contribution in [2.45, 2.75) is 44.7 Å². The molecule has 3 N–H and O–H groups in total. The highest BCUT2D eigenvalue weighted by Gasteiger charge is 2.26. The average molecular weight is 321 g/mol. The second kappa shape index (κ2) is 8.06. The van der Waals surface area contributed by atoms with Gasteiger partial charge in [0, 0.05) is 0 Å². The van der Waals surface area contributed by atoms with E-state index in [2.05, 4.69) is 10.2 Å². The Morgan fingerprint density at radius 1 is 1.13 bits per heavy atom. The molecule has 2 amide bonds. The molecule has 0 unspecified atom stereocenters. The fourth-order valence-electron chi connectivity index (χ4n) is 2.89. The number of nitrogens with zero attached hydrogens (tertiary/aromatic N) is 1. The Balaban J connectivity index is 2.05. The van der Waals surface area contributed by atoms with E-state index in [-0.39, 0.29) is 11.9 Å². The monoisotopic (exact) mass is 321 g/mol. The molecule has 5 nitrogen and oxygen atoms in total. The summed E-state index contributed by atoms with van der Waals surface area (Å²) >= 11 is 0. The number of likely N-dealkylation sites (tertiary alicyclic amines) is 1. The molecule has 1 saturated heterocycles. The molecule has 0 bridgehead atoms. The van der Waals surface area contributed by atoms with E-state index in [1.807, 2.05) is 6.92 Å². The van der Waals surface area contributed by atoms with Crippen LogP contribution in [0.2, 0.25) is 0 Å². The van der Waals surface area contributed by atoms with Crippen molar-refractivity contribution in [3.63, 3.8) is 0 Å².